The Hall–Kier alpha value is -3.03. The van der Waals surface area contributed by atoms with Gasteiger partial charge in [-0.05, 0) is 62.3 Å². The fourth-order valence-electron chi connectivity index (χ4n) is 6.05. The van der Waals surface area contributed by atoms with Crippen molar-refractivity contribution in [3.63, 3.8) is 0 Å². The van der Waals surface area contributed by atoms with Gasteiger partial charge in [0, 0.05) is 57.0 Å². The smallest absolute Gasteiger partial charge is 0.274 e. The molecule has 1 saturated carbocycles. The Morgan fingerprint density at radius 1 is 1.07 bits per heavy atom. The summed E-state index contributed by atoms with van der Waals surface area (Å²) in [4.78, 5) is 22.1. The summed E-state index contributed by atoms with van der Waals surface area (Å²) < 4.78 is 62.0. The molecule has 1 spiro atoms. The first kappa shape index (κ1) is 29.1. The van der Waals surface area contributed by atoms with Gasteiger partial charge in [0.15, 0.2) is 11.6 Å². The molecule has 1 aromatic heterocycles. The maximum atomic E-state index is 13.8. The molecule has 1 atom stereocenters. The van der Waals surface area contributed by atoms with Crippen LogP contribution in [0.15, 0.2) is 29.2 Å². The molecule has 3 aliphatic heterocycles. The number of rotatable bonds is 8. The second-order valence-corrected chi connectivity index (χ2v) is 13.8. The average Bonchev–Trinajstić information content (AvgIpc) is 3.53. The van der Waals surface area contributed by atoms with Crippen molar-refractivity contribution in [2.45, 2.75) is 68.7 Å². The number of aliphatic hydroxyl groups excluding tert-OH is 1. The molecule has 0 unspecified atom stereocenters. The fourth-order valence-corrected chi connectivity index (χ4v) is 7.31. The van der Waals surface area contributed by atoms with Crippen LogP contribution in [0, 0.1) is 5.41 Å². The van der Waals surface area contributed by atoms with Gasteiger partial charge in [0.1, 0.15) is 5.69 Å². The van der Waals surface area contributed by atoms with Crippen LogP contribution in [0.25, 0.3) is 0 Å². The number of anilines is 3. The van der Waals surface area contributed by atoms with Gasteiger partial charge in [0.25, 0.3) is 11.8 Å². The standard InChI is InChI=1S/C29H37F2N5O5S/c1-19(18-37)34-42(39,40)21-2-3-22(24(17-21)35-11-7-28(5-6-28)8-12-35)33-27(38)23-16-20-4-15-41-25(20)26(32-23)36-13-9-29(30,31)10-14-36/h2-3,16-17,19,34,37H,4-15,18H2,1H3,(H,33,38)/t19-/m0/s1. The molecule has 13 heteroatoms. The van der Waals surface area contributed by atoms with Crippen LogP contribution in [0.1, 0.15) is 61.5 Å². The molecule has 3 fully saturated rings. The highest BCUT2D eigenvalue weighted by Crippen LogP contribution is 2.54. The Bertz CT molecular complexity index is 1460. The molecule has 228 valence electrons. The van der Waals surface area contributed by atoms with E-state index in [1.165, 1.54) is 18.9 Å². The minimum atomic E-state index is -3.91. The van der Waals surface area contributed by atoms with Gasteiger partial charge < -0.3 is 25.0 Å². The molecule has 4 aliphatic rings. The van der Waals surface area contributed by atoms with Gasteiger partial charge in [-0.2, -0.15) is 0 Å². The molecule has 2 saturated heterocycles. The van der Waals surface area contributed by atoms with E-state index in [0.29, 0.717) is 41.4 Å². The predicted octanol–water partition coefficient (Wildman–Crippen LogP) is 3.54. The van der Waals surface area contributed by atoms with Gasteiger partial charge in [-0.15, -0.1) is 0 Å². The van der Waals surface area contributed by atoms with Crippen molar-refractivity contribution in [2.75, 3.05) is 54.5 Å². The quantitative estimate of drug-likeness (QED) is 0.418. The van der Waals surface area contributed by atoms with Crippen LogP contribution in [0.4, 0.5) is 26.0 Å². The third kappa shape index (κ3) is 5.91. The van der Waals surface area contributed by atoms with Crippen molar-refractivity contribution in [1.82, 2.24) is 9.71 Å². The molecular formula is C29H37F2N5O5S. The number of piperidine rings is 2. The highest BCUT2D eigenvalue weighted by molar-refractivity contribution is 7.89. The SMILES string of the molecule is C[C@@H](CO)NS(=O)(=O)c1ccc(NC(=O)c2cc3c(c(N4CCC(F)(F)CC4)n2)OCC3)c(N2CCC3(CC2)CC3)c1. The summed E-state index contributed by atoms with van der Waals surface area (Å²) in [6.07, 6.45) is 4.44. The van der Waals surface area contributed by atoms with Gasteiger partial charge >= 0.3 is 0 Å². The first-order chi connectivity index (χ1) is 20.0. The lowest BCUT2D eigenvalue weighted by molar-refractivity contribution is -0.0222. The Morgan fingerprint density at radius 3 is 2.43 bits per heavy atom. The minimum absolute atomic E-state index is 0.0412. The van der Waals surface area contributed by atoms with Crippen LogP contribution in [0.5, 0.6) is 5.75 Å². The zero-order chi connectivity index (χ0) is 29.7. The summed E-state index contributed by atoms with van der Waals surface area (Å²) >= 11 is 0. The zero-order valence-corrected chi connectivity index (χ0v) is 24.5. The third-order valence-corrected chi connectivity index (χ3v) is 10.5. The second-order valence-electron chi connectivity index (χ2n) is 12.1. The van der Waals surface area contributed by atoms with Crippen LogP contribution in [0.3, 0.4) is 0 Å². The van der Waals surface area contributed by atoms with Crippen LogP contribution < -0.4 is 24.6 Å². The average molecular weight is 606 g/mol. The monoisotopic (exact) mass is 605 g/mol. The second kappa shape index (κ2) is 10.9. The van der Waals surface area contributed by atoms with Gasteiger partial charge in [0.05, 0.1) is 29.5 Å². The molecule has 0 radical (unpaired) electrons. The molecule has 10 nitrogen and oxygen atoms in total. The number of fused-ring (bicyclic) bond motifs is 1. The van der Waals surface area contributed by atoms with Crippen molar-refractivity contribution in [1.29, 1.82) is 0 Å². The number of aliphatic hydroxyl groups is 1. The van der Waals surface area contributed by atoms with Gasteiger partial charge in [-0.3, -0.25) is 4.79 Å². The highest BCUT2D eigenvalue weighted by Gasteiger charge is 2.44. The summed E-state index contributed by atoms with van der Waals surface area (Å²) in [5.74, 6) is -2.25. The number of nitrogens with one attached hydrogen (secondary N) is 2. The number of nitrogens with zero attached hydrogens (tertiary/aromatic N) is 3. The molecule has 4 heterocycles. The maximum Gasteiger partial charge on any atom is 0.274 e. The largest absolute Gasteiger partial charge is 0.489 e. The lowest BCUT2D eigenvalue weighted by Crippen LogP contribution is -2.40. The minimum Gasteiger partial charge on any atom is -0.489 e. The maximum absolute atomic E-state index is 13.8. The van der Waals surface area contributed by atoms with Gasteiger partial charge in [-0.25, -0.2) is 26.9 Å². The normalized spacial score (nSPS) is 21.5. The zero-order valence-electron chi connectivity index (χ0n) is 23.7. The van der Waals surface area contributed by atoms with Crippen LogP contribution in [0.2, 0.25) is 0 Å². The molecule has 2 aromatic rings. The van der Waals surface area contributed by atoms with Gasteiger partial charge in [0.2, 0.25) is 10.0 Å². The number of sulfonamides is 1. The van der Waals surface area contributed by atoms with E-state index in [1.807, 2.05) is 0 Å². The Labute approximate surface area is 244 Å². The summed E-state index contributed by atoms with van der Waals surface area (Å²) in [6, 6.07) is 5.60. The van der Waals surface area contributed by atoms with E-state index >= 15 is 0 Å². The lowest BCUT2D eigenvalue weighted by Gasteiger charge is -2.35. The number of alkyl halides is 2. The molecule has 1 amide bonds. The van der Waals surface area contributed by atoms with E-state index in [4.69, 9.17) is 4.74 Å². The molecule has 1 aliphatic carbocycles. The van der Waals surface area contributed by atoms with Crippen LogP contribution in [-0.2, 0) is 16.4 Å². The Morgan fingerprint density at radius 2 is 1.76 bits per heavy atom. The highest BCUT2D eigenvalue weighted by atomic mass is 32.2. The van der Waals surface area contributed by atoms with Crippen LogP contribution >= 0.6 is 0 Å². The van der Waals surface area contributed by atoms with E-state index < -0.39 is 27.9 Å². The molecule has 3 N–H and O–H groups in total. The number of ether oxygens (including phenoxy) is 1. The molecule has 0 bridgehead atoms. The number of pyridine rings is 1. The lowest BCUT2D eigenvalue weighted by atomic mass is 9.93. The number of carbonyl (C=O) groups excluding carboxylic acids is 1. The Balaban J connectivity index is 1.29. The number of hydrogen-bond acceptors (Lipinski definition) is 8. The number of amides is 1. The van der Waals surface area contributed by atoms with E-state index in [9.17, 15) is 27.1 Å². The van der Waals surface area contributed by atoms with Gasteiger partial charge in [-0.1, -0.05) is 0 Å². The fraction of sp³-hybridized carbons (Fsp3) is 0.586. The van der Waals surface area contributed by atoms with Crippen molar-refractivity contribution in [2.24, 2.45) is 5.41 Å². The van der Waals surface area contributed by atoms with Crippen molar-refractivity contribution >= 4 is 33.1 Å². The topological polar surface area (TPSA) is 124 Å². The molecular weight excluding hydrogens is 568 g/mol. The summed E-state index contributed by atoms with van der Waals surface area (Å²) in [7, 11) is -3.91. The van der Waals surface area contributed by atoms with Crippen molar-refractivity contribution in [3.8, 4) is 5.75 Å². The number of benzene rings is 1. The number of hydrogen-bond donors (Lipinski definition) is 3. The summed E-state index contributed by atoms with van der Waals surface area (Å²) in [5, 5.41) is 12.3. The third-order valence-electron chi connectivity index (χ3n) is 8.96. The van der Waals surface area contributed by atoms with E-state index in [2.05, 4.69) is 19.9 Å². The number of halogens is 2. The van der Waals surface area contributed by atoms with E-state index in [0.717, 1.165) is 31.5 Å². The molecule has 6 rings (SSSR count). The van der Waals surface area contributed by atoms with Crippen molar-refractivity contribution in [3.05, 3.63) is 35.5 Å². The Kier molecular flexibility index (Phi) is 7.55. The van der Waals surface area contributed by atoms with E-state index in [1.54, 1.807) is 30.0 Å². The number of carbonyl (C=O) groups is 1. The van der Waals surface area contributed by atoms with Crippen molar-refractivity contribution < 1.29 is 31.8 Å². The number of aromatic nitrogens is 1. The molecule has 42 heavy (non-hydrogen) atoms. The van der Waals surface area contributed by atoms with Crippen LogP contribution in [-0.4, -0.2) is 75.8 Å². The summed E-state index contributed by atoms with van der Waals surface area (Å²) in [5.41, 5.74) is 2.40. The predicted molar refractivity (Wildman–Crippen MR) is 154 cm³/mol. The first-order valence-corrected chi connectivity index (χ1v) is 16.1. The first-order valence-electron chi connectivity index (χ1n) is 14.6. The van der Waals surface area contributed by atoms with E-state index in [-0.39, 0.29) is 43.1 Å². The molecule has 1 aromatic carbocycles. The summed E-state index contributed by atoms with van der Waals surface area (Å²) in [6.45, 7) is 3.37.